The molecule has 2 aromatic carbocycles. The van der Waals surface area contributed by atoms with Crippen molar-refractivity contribution >= 4 is 17.6 Å². The van der Waals surface area contributed by atoms with E-state index in [1.54, 1.807) is 36.4 Å². The lowest BCUT2D eigenvalue weighted by atomic mass is 10.1. The summed E-state index contributed by atoms with van der Waals surface area (Å²) in [5.74, 6) is -0.246. The summed E-state index contributed by atoms with van der Waals surface area (Å²) in [5.41, 5.74) is 2.92. The van der Waals surface area contributed by atoms with E-state index in [9.17, 15) is 9.59 Å². The Morgan fingerprint density at radius 3 is 2.29 bits per heavy atom. The Bertz CT molecular complexity index is 849. The van der Waals surface area contributed by atoms with Crippen molar-refractivity contribution < 1.29 is 19.1 Å². The topological polar surface area (TPSA) is 79.6 Å². The fourth-order valence-corrected chi connectivity index (χ4v) is 2.83. The van der Waals surface area contributed by atoms with Crippen LogP contribution < -0.4 is 9.64 Å². The van der Waals surface area contributed by atoms with E-state index in [1.807, 2.05) is 32.9 Å². The van der Waals surface area contributed by atoms with Gasteiger partial charge in [0.05, 0.1) is 24.7 Å². The van der Waals surface area contributed by atoms with Gasteiger partial charge < -0.3 is 14.4 Å². The molecule has 0 unspecified atom stereocenters. The van der Waals surface area contributed by atoms with E-state index in [0.717, 1.165) is 11.1 Å². The Morgan fingerprint density at radius 1 is 1.07 bits per heavy atom. The minimum Gasteiger partial charge on any atom is -0.494 e. The Balaban J connectivity index is 2.07. The van der Waals surface area contributed by atoms with Crippen LogP contribution in [0.25, 0.3) is 0 Å². The second-order valence-electron chi connectivity index (χ2n) is 6.33. The molecule has 2 rings (SSSR count). The Kier molecular flexibility index (Phi) is 7.58. The number of benzene rings is 2. The summed E-state index contributed by atoms with van der Waals surface area (Å²) < 4.78 is 10.6. The molecular formula is C22H24N2O4. The number of hydrogen-bond donors (Lipinski definition) is 0. The number of carbonyl (C=O) groups excluding carboxylic acids is 2. The Labute approximate surface area is 165 Å². The zero-order valence-electron chi connectivity index (χ0n) is 16.4. The number of nitrogens with zero attached hydrogens (tertiary/aromatic N) is 2. The predicted molar refractivity (Wildman–Crippen MR) is 106 cm³/mol. The van der Waals surface area contributed by atoms with Crippen molar-refractivity contribution in [1.82, 2.24) is 0 Å². The standard InChI is InChI=1S/C22H24N2O4/c1-4-27-20-8-6-19(7-9-20)24(11-5-10-23)21(25)15-28-22(26)18-13-16(2)12-17(3)14-18/h6-9,12-14H,4-5,11,15H2,1-3H3. The van der Waals surface area contributed by atoms with Gasteiger partial charge in [-0.3, -0.25) is 4.79 Å². The first kappa shape index (κ1) is 21.0. The van der Waals surface area contributed by atoms with Gasteiger partial charge in [0.1, 0.15) is 5.75 Å². The van der Waals surface area contributed by atoms with E-state index in [0.29, 0.717) is 23.6 Å². The summed E-state index contributed by atoms with van der Waals surface area (Å²) in [4.78, 5) is 26.4. The van der Waals surface area contributed by atoms with Crippen LogP contribution in [-0.2, 0) is 9.53 Å². The molecule has 6 heteroatoms. The number of carbonyl (C=O) groups is 2. The molecule has 2 aromatic rings. The van der Waals surface area contributed by atoms with Crippen LogP contribution in [-0.4, -0.2) is 31.6 Å². The molecule has 0 heterocycles. The molecule has 0 bridgehead atoms. The van der Waals surface area contributed by atoms with Gasteiger partial charge in [-0.15, -0.1) is 0 Å². The van der Waals surface area contributed by atoms with Crippen molar-refractivity contribution in [3.8, 4) is 11.8 Å². The largest absolute Gasteiger partial charge is 0.494 e. The molecule has 0 radical (unpaired) electrons. The molecular weight excluding hydrogens is 356 g/mol. The Morgan fingerprint density at radius 2 is 1.71 bits per heavy atom. The summed E-state index contributed by atoms with van der Waals surface area (Å²) in [6, 6.07) is 14.4. The molecule has 6 nitrogen and oxygen atoms in total. The quantitative estimate of drug-likeness (QED) is 0.651. The fourth-order valence-electron chi connectivity index (χ4n) is 2.83. The molecule has 0 aliphatic carbocycles. The van der Waals surface area contributed by atoms with Gasteiger partial charge in [0, 0.05) is 12.2 Å². The molecule has 146 valence electrons. The summed E-state index contributed by atoms with van der Waals surface area (Å²) >= 11 is 0. The van der Waals surface area contributed by atoms with Crippen LogP contribution in [0.3, 0.4) is 0 Å². The van der Waals surface area contributed by atoms with Gasteiger partial charge in [0.2, 0.25) is 0 Å². The zero-order valence-corrected chi connectivity index (χ0v) is 16.4. The van der Waals surface area contributed by atoms with E-state index in [1.165, 1.54) is 4.90 Å². The van der Waals surface area contributed by atoms with E-state index >= 15 is 0 Å². The maximum Gasteiger partial charge on any atom is 0.338 e. The van der Waals surface area contributed by atoms with Crippen LogP contribution in [0.4, 0.5) is 5.69 Å². The summed E-state index contributed by atoms with van der Waals surface area (Å²) in [6.07, 6.45) is 0.171. The number of ether oxygens (including phenoxy) is 2. The molecule has 0 saturated heterocycles. The number of esters is 1. The van der Waals surface area contributed by atoms with Crippen LogP contribution in [0.2, 0.25) is 0 Å². The molecule has 0 N–H and O–H groups in total. The van der Waals surface area contributed by atoms with Crippen molar-refractivity contribution in [2.24, 2.45) is 0 Å². The summed E-state index contributed by atoms with van der Waals surface area (Å²) in [5, 5.41) is 8.88. The molecule has 0 atom stereocenters. The SMILES string of the molecule is CCOc1ccc(N(CCC#N)C(=O)COC(=O)c2cc(C)cc(C)c2)cc1. The number of nitriles is 1. The third kappa shape index (κ3) is 5.85. The lowest BCUT2D eigenvalue weighted by Gasteiger charge is -2.22. The van der Waals surface area contributed by atoms with Crippen LogP contribution in [0, 0.1) is 25.2 Å². The van der Waals surface area contributed by atoms with Gasteiger partial charge in [-0.25, -0.2) is 4.79 Å². The maximum absolute atomic E-state index is 12.6. The monoisotopic (exact) mass is 380 g/mol. The molecule has 0 fully saturated rings. The van der Waals surface area contributed by atoms with Crippen LogP contribution in [0.15, 0.2) is 42.5 Å². The smallest absolute Gasteiger partial charge is 0.338 e. The van der Waals surface area contributed by atoms with E-state index in [2.05, 4.69) is 0 Å². The van der Waals surface area contributed by atoms with Gasteiger partial charge in [0.25, 0.3) is 5.91 Å². The third-order valence-corrected chi connectivity index (χ3v) is 3.99. The van der Waals surface area contributed by atoms with Crippen LogP contribution >= 0.6 is 0 Å². The predicted octanol–water partition coefficient (Wildman–Crippen LogP) is 3.81. The molecule has 0 aliphatic heterocycles. The number of hydrogen-bond acceptors (Lipinski definition) is 5. The lowest BCUT2D eigenvalue weighted by molar-refractivity contribution is -0.121. The van der Waals surface area contributed by atoms with Gasteiger partial charge >= 0.3 is 5.97 Å². The van der Waals surface area contributed by atoms with E-state index in [-0.39, 0.29) is 13.0 Å². The lowest BCUT2D eigenvalue weighted by Crippen LogP contribution is -2.35. The fraction of sp³-hybridized carbons (Fsp3) is 0.318. The molecule has 0 aromatic heterocycles. The van der Waals surface area contributed by atoms with Gasteiger partial charge in [-0.05, 0) is 57.2 Å². The molecule has 0 spiro atoms. The molecule has 1 amide bonds. The molecule has 0 aliphatic rings. The van der Waals surface area contributed by atoms with Crippen LogP contribution in [0.1, 0.15) is 34.8 Å². The van der Waals surface area contributed by atoms with Crippen molar-refractivity contribution in [2.75, 3.05) is 24.7 Å². The first-order chi connectivity index (χ1) is 13.4. The van der Waals surface area contributed by atoms with Crippen molar-refractivity contribution in [2.45, 2.75) is 27.2 Å². The molecule has 0 saturated carbocycles. The number of rotatable bonds is 8. The minimum atomic E-state index is -0.549. The van der Waals surface area contributed by atoms with Gasteiger partial charge in [-0.1, -0.05) is 17.2 Å². The summed E-state index contributed by atoms with van der Waals surface area (Å²) in [7, 11) is 0. The van der Waals surface area contributed by atoms with Gasteiger partial charge in [-0.2, -0.15) is 5.26 Å². The maximum atomic E-state index is 12.6. The number of aryl methyl sites for hydroxylation is 2. The highest BCUT2D eigenvalue weighted by Gasteiger charge is 2.18. The summed E-state index contributed by atoms with van der Waals surface area (Å²) in [6.45, 7) is 6.04. The number of anilines is 1. The third-order valence-electron chi connectivity index (χ3n) is 3.99. The first-order valence-electron chi connectivity index (χ1n) is 9.10. The normalized spacial score (nSPS) is 10.1. The van der Waals surface area contributed by atoms with Crippen molar-refractivity contribution in [3.05, 3.63) is 59.2 Å². The van der Waals surface area contributed by atoms with Crippen molar-refractivity contribution in [3.63, 3.8) is 0 Å². The van der Waals surface area contributed by atoms with Crippen molar-refractivity contribution in [1.29, 1.82) is 5.26 Å². The average Bonchev–Trinajstić information content (AvgIpc) is 2.67. The zero-order chi connectivity index (χ0) is 20.5. The highest BCUT2D eigenvalue weighted by atomic mass is 16.5. The van der Waals surface area contributed by atoms with E-state index in [4.69, 9.17) is 14.7 Å². The van der Waals surface area contributed by atoms with Gasteiger partial charge in [0.15, 0.2) is 6.61 Å². The number of amides is 1. The highest BCUT2D eigenvalue weighted by Crippen LogP contribution is 2.20. The minimum absolute atomic E-state index is 0.171. The molecule has 28 heavy (non-hydrogen) atoms. The second kappa shape index (κ2) is 10.1. The average molecular weight is 380 g/mol. The first-order valence-corrected chi connectivity index (χ1v) is 9.10. The van der Waals surface area contributed by atoms with Crippen LogP contribution in [0.5, 0.6) is 5.75 Å². The Hall–Kier alpha value is -3.33. The highest BCUT2D eigenvalue weighted by molar-refractivity contribution is 5.97. The second-order valence-corrected chi connectivity index (χ2v) is 6.33. The van der Waals surface area contributed by atoms with E-state index < -0.39 is 18.5 Å².